The van der Waals surface area contributed by atoms with E-state index < -0.39 is 21.0 Å². The lowest BCUT2D eigenvalue weighted by Crippen LogP contribution is -2.55. The smallest absolute Gasteiger partial charge is 0.235 e. The summed E-state index contributed by atoms with van der Waals surface area (Å²) in [5.41, 5.74) is 1.74. The Kier molecular flexibility index (Phi) is 5.73. The Hall–Kier alpha value is -1.01. The maximum atomic E-state index is 10.6. The number of aliphatic imine (C=N–C) groups is 1. The molecule has 1 atom stereocenters. The van der Waals surface area contributed by atoms with E-state index in [9.17, 15) is 9.59 Å². The number of hydrogen-bond donors (Lipinski definition) is 1. The average Bonchev–Trinajstić information content (AvgIpc) is 2.37. The van der Waals surface area contributed by atoms with Crippen LogP contribution in [0.3, 0.4) is 0 Å². The Morgan fingerprint density at radius 2 is 1.86 bits per heavy atom. The van der Waals surface area contributed by atoms with Crippen LogP contribution in [0.1, 0.15) is 37.8 Å². The third kappa shape index (κ3) is 4.49. The second-order valence-electron chi connectivity index (χ2n) is 7.94. The fraction of sp³-hybridized carbons (Fsp3) is 0.588. The van der Waals surface area contributed by atoms with Gasteiger partial charge in [-0.2, -0.15) is 4.99 Å². The molecule has 122 valence electrons. The van der Waals surface area contributed by atoms with Crippen molar-refractivity contribution in [3.8, 4) is 0 Å². The molecule has 3 nitrogen and oxygen atoms in total. The summed E-state index contributed by atoms with van der Waals surface area (Å²) in [6.45, 7) is 14.8. The predicted octanol–water partition coefficient (Wildman–Crippen LogP) is 4.35. The van der Waals surface area contributed by atoms with Crippen LogP contribution in [0.5, 0.6) is 0 Å². The van der Waals surface area contributed by atoms with Crippen LogP contribution in [0.4, 0.5) is 0 Å². The van der Waals surface area contributed by atoms with Crippen LogP contribution >= 0.6 is 0 Å². The molecule has 0 bridgehead atoms. The van der Waals surface area contributed by atoms with Gasteiger partial charge in [0.05, 0.1) is 13.1 Å². The van der Waals surface area contributed by atoms with E-state index in [4.69, 9.17) is 0 Å². The van der Waals surface area contributed by atoms with Crippen molar-refractivity contribution < 1.29 is 9.59 Å². The highest BCUT2D eigenvalue weighted by atomic mass is 29.3. The summed E-state index contributed by atoms with van der Waals surface area (Å²) in [4.78, 5) is 25.1. The zero-order valence-corrected chi connectivity index (χ0v) is 16.9. The largest absolute Gasteiger partial charge is 0.435 e. The number of nitrogens with zero attached hydrogens (tertiary/aromatic N) is 1. The van der Waals surface area contributed by atoms with Gasteiger partial charge in [-0.25, -0.2) is 4.79 Å². The van der Waals surface area contributed by atoms with Crippen LogP contribution in [0.25, 0.3) is 0 Å². The molecule has 5 heteroatoms. The van der Waals surface area contributed by atoms with Gasteiger partial charge in [0.15, 0.2) is 7.83 Å². The molecule has 1 unspecified atom stereocenters. The summed E-state index contributed by atoms with van der Waals surface area (Å²) in [5, 5.41) is 0. The molecule has 1 aromatic carbocycles. The summed E-state index contributed by atoms with van der Waals surface area (Å²) < 4.78 is 0. The molecule has 0 aliphatic heterocycles. The molecule has 0 heterocycles. The molecule has 1 rings (SSSR count). The first-order chi connectivity index (χ1) is 9.90. The summed E-state index contributed by atoms with van der Waals surface area (Å²) in [6.07, 6.45) is 1.67. The molecular weight excluding hydrogens is 306 g/mol. The monoisotopic (exact) mass is 335 g/mol. The van der Waals surface area contributed by atoms with Crippen molar-refractivity contribution in [3.63, 3.8) is 0 Å². The second kappa shape index (κ2) is 6.63. The zero-order chi connectivity index (χ0) is 17.2. The molecule has 0 saturated heterocycles. The van der Waals surface area contributed by atoms with E-state index in [-0.39, 0.29) is 0 Å². The first-order valence-corrected chi connectivity index (χ1v) is 15.0. The first kappa shape index (κ1) is 19.0. The summed E-state index contributed by atoms with van der Waals surface area (Å²) in [5.74, 6) is 0.400. The average molecular weight is 336 g/mol. The highest BCUT2D eigenvalue weighted by Gasteiger charge is 2.41. The minimum Gasteiger partial charge on any atom is -0.435 e. The fourth-order valence-corrected chi connectivity index (χ4v) is 7.22. The van der Waals surface area contributed by atoms with Crippen molar-refractivity contribution in [2.24, 2.45) is 4.99 Å². The lowest BCUT2D eigenvalue weighted by atomic mass is 9.91. The van der Waals surface area contributed by atoms with Gasteiger partial charge < -0.3 is 4.80 Å². The van der Waals surface area contributed by atoms with E-state index in [1.165, 1.54) is 5.56 Å². The molecule has 1 N–H and O–H groups in total. The van der Waals surface area contributed by atoms with Gasteiger partial charge in [-0.1, -0.05) is 50.3 Å². The van der Waals surface area contributed by atoms with Crippen LogP contribution < -0.4 is 0 Å². The van der Waals surface area contributed by atoms with Crippen molar-refractivity contribution in [2.45, 2.75) is 64.5 Å². The van der Waals surface area contributed by atoms with Crippen molar-refractivity contribution >= 4 is 21.5 Å². The summed E-state index contributed by atoms with van der Waals surface area (Å²) >= 11 is 0. The fourth-order valence-electron chi connectivity index (χ4n) is 2.54. The minimum absolute atomic E-state index is 0.400. The molecule has 0 amide bonds. The molecule has 0 aromatic heterocycles. The van der Waals surface area contributed by atoms with Crippen molar-refractivity contribution in [3.05, 3.63) is 35.4 Å². The first-order valence-electron chi connectivity index (χ1n) is 7.82. The molecule has 0 aliphatic carbocycles. The third-order valence-electron chi connectivity index (χ3n) is 4.96. The Morgan fingerprint density at radius 1 is 1.27 bits per heavy atom. The Morgan fingerprint density at radius 3 is 2.36 bits per heavy atom. The lowest BCUT2D eigenvalue weighted by Gasteiger charge is -2.35. The van der Waals surface area contributed by atoms with Crippen LogP contribution in [0.15, 0.2) is 29.3 Å². The summed E-state index contributed by atoms with van der Waals surface area (Å²) in [7, 11) is -3.69. The molecule has 0 spiro atoms. The Bertz CT molecular complexity index is 570. The van der Waals surface area contributed by atoms with Gasteiger partial charge >= 0.3 is 0 Å². The molecular formula is C17H29NO2Si2. The highest BCUT2D eigenvalue weighted by Crippen LogP contribution is 2.33. The SMILES string of the molecule is CC(C[Si](C)(C)[Si](C)(C)O)c1cccc(C(C)(C)N=C=O)c1. The van der Waals surface area contributed by atoms with E-state index in [1.807, 2.05) is 26.0 Å². The standard InChI is InChI=1S/C17H29NO2Si2/c1-14(12-21(4,5)22(6,7)20)15-9-8-10-16(11-15)17(2,3)18-13-19/h8-11,14,20H,12H2,1-7H3. The van der Waals surface area contributed by atoms with Crippen LogP contribution in [-0.2, 0) is 10.3 Å². The van der Waals surface area contributed by atoms with Crippen molar-refractivity contribution in [1.82, 2.24) is 0 Å². The van der Waals surface area contributed by atoms with E-state index in [0.29, 0.717) is 5.92 Å². The van der Waals surface area contributed by atoms with Crippen LogP contribution in [0, 0.1) is 0 Å². The molecule has 0 fully saturated rings. The Labute approximate surface area is 136 Å². The number of hydrogen-bond acceptors (Lipinski definition) is 3. The minimum atomic E-state index is -2.07. The topological polar surface area (TPSA) is 49.7 Å². The number of benzene rings is 1. The van der Waals surface area contributed by atoms with Crippen molar-refractivity contribution in [2.75, 3.05) is 0 Å². The van der Waals surface area contributed by atoms with Gasteiger partial charge in [0.25, 0.3) is 0 Å². The lowest BCUT2D eigenvalue weighted by molar-refractivity contribution is 0.522. The van der Waals surface area contributed by atoms with Gasteiger partial charge in [-0.05, 0) is 44.0 Å². The van der Waals surface area contributed by atoms with Crippen LogP contribution in [0.2, 0.25) is 32.2 Å². The highest BCUT2D eigenvalue weighted by molar-refractivity contribution is 7.37. The van der Waals surface area contributed by atoms with Crippen molar-refractivity contribution in [1.29, 1.82) is 0 Å². The van der Waals surface area contributed by atoms with Crippen LogP contribution in [-0.4, -0.2) is 26.3 Å². The quantitative estimate of drug-likeness (QED) is 0.477. The zero-order valence-electron chi connectivity index (χ0n) is 14.9. The van der Waals surface area contributed by atoms with Gasteiger partial charge in [-0.3, -0.25) is 0 Å². The van der Waals surface area contributed by atoms with Gasteiger partial charge in [0.2, 0.25) is 6.08 Å². The normalized spacial score (nSPS) is 14.4. The van der Waals surface area contributed by atoms with E-state index in [2.05, 4.69) is 50.2 Å². The van der Waals surface area contributed by atoms with E-state index >= 15 is 0 Å². The maximum absolute atomic E-state index is 10.6. The Balaban J connectivity index is 3.06. The molecule has 0 aliphatic rings. The van der Waals surface area contributed by atoms with E-state index in [0.717, 1.165) is 11.6 Å². The molecule has 1 aromatic rings. The third-order valence-corrected chi connectivity index (χ3v) is 20.5. The predicted molar refractivity (Wildman–Crippen MR) is 98.0 cm³/mol. The van der Waals surface area contributed by atoms with E-state index in [1.54, 1.807) is 6.08 Å². The number of carbonyl (C=O) groups excluding carboxylic acids is 1. The van der Waals surface area contributed by atoms with Gasteiger partial charge in [-0.15, -0.1) is 0 Å². The van der Waals surface area contributed by atoms with Gasteiger partial charge in [0, 0.05) is 0 Å². The molecule has 0 radical (unpaired) electrons. The molecule has 0 saturated carbocycles. The maximum Gasteiger partial charge on any atom is 0.235 e. The number of rotatable bonds is 6. The summed E-state index contributed by atoms with van der Waals surface area (Å²) in [6, 6.07) is 9.38. The van der Waals surface area contributed by atoms with Gasteiger partial charge in [0.1, 0.15) is 0 Å². The second-order valence-corrected chi connectivity index (χ2v) is 23.0. The number of isocyanates is 1. The molecule has 22 heavy (non-hydrogen) atoms.